The smallest absolute Gasteiger partial charge is 0.269 e. The Morgan fingerprint density at radius 3 is 1.73 bits per heavy atom. The molecule has 0 radical (unpaired) electrons. The Hall–Kier alpha value is -8.80. The van der Waals surface area contributed by atoms with E-state index in [2.05, 4.69) is 72.1 Å². The van der Waals surface area contributed by atoms with Gasteiger partial charge in [-0.3, -0.25) is 13.7 Å². The predicted octanol–water partition coefficient (Wildman–Crippen LogP) is 18.9. The molecule has 3 heterocycles. The fourth-order valence-corrected chi connectivity index (χ4v) is 10.0. The normalized spacial score (nSPS) is 15.7. The van der Waals surface area contributed by atoms with Gasteiger partial charge in [0.15, 0.2) is 0 Å². The summed E-state index contributed by atoms with van der Waals surface area (Å²) in [6.45, 7) is 16.1. The molecule has 0 aliphatic heterocycles. The van der Waals surface area contributed by atoms with Crippen LogP contribution in [0.1, 0.15) is 109 Å². The van der Waals surface area contributed by atoms with Crippen molar-refractivity contribution in [3.8, 4) is 73.2 Å². The second kappa shape index (κ2) is 19.3. The van der Waals surface area contributed by atoms with Gasteiger partial charge in [-0.25, -0.2) is 4.98 Å². The second-order valence-electron chi connectivity index (χ2n) is 22.7. The van der Waals surface area contributed by atoms with Crippen LogP contribution in [0.25, 0.3) is 94.5 Å². The number of nitrogens with zero attached hydrogens (tertiary/aromatic N) is 4. The average molecular weight is 1030 g/mol. The number of ether oxygens (including phenoxy) is 1. The summed E-state index contributed by atoms with van der Waals surface area (Å²) in [7, 11) is 0. The molecule has 0 N–H and O–H groups in total. The Kier molecular flexibility index (Phi) is 8.27. The van der Waals surface area contributed by atoms with E-state index in [4.69, 9.17) is 31.7 Å². The third-order valence-electron chi connectivity index (χ3n) is 14.2. The van der Waals surface area contributed by atoms with E-state index in [9.17, 15) is 2.74 Å². The topological polar surface area (TPSA) is 35.9 Å². The lowest BCUT2D eigenvalue weighted by Crippen LogP contribution is -2.32. The molecule has 0 aliphatic carbocycles. The molecule has 0 saturated heterocycles. The van der Waals surface area contributed by atoms with Crippen LogP contribution in [0.15, 0.2) is 218 Å². The SMILES string of the molecule is [2H]c1c([2H])c([2H])c(-c2ccc3c(c2)n(-c2cccc(Oc4ccc5c6ccccc6n(-c6cc(C([2H])([2H])[2H])c(-c7c([2H])c([2H])c([2H])c([2H])c7[2H])cn6)c5c4)c2)[c-][n+]3-c2c(-c3cc(C(C)(C)C)cc(C(C)(C)C)c3)cc(C(C)(C)C)cc2-c2c([2H])c([2H])c([2H])c([2H])c2[2H])c([2H])c1[2H]. The summed E-state index contributed by atoms with van der Waals surface area (Å²) >= 11 is 0. The fourth-order valence-electron chi connectivity index (χ4n) is 10.0. The van der Waals surface area contributed by atoms with Gasteiger partial charge in [0.05, 0.1) is 54.0 Å². The number of rotatable bonds is 9. The Balaban J connectivity index is 1.11. The van der Waals surface area contributed by atoms with Crippen molar-refractivity contribution < 1.29 is 34.0 Å². The van der Waals surface area contributed by atoms with E-state index in [0.29, 0.717) is 56.1 Å². The lowest BCUT2D eigenvalue weighted by molar-refractivity contribution is -0.571. The molecule has 9 aromatic carbocycles. The first kappa shape index (κ1) is 33.4. The number of hydrogen-bond donors (Lipinski definition) is 0. The highest BCUT2D eigenvalue weighted by atomic mass is 16.5. The van der Waals surface area contributed by atoms with Crippen molar-refractivity contribution in [2.45, 2.75) is 85.4 Å². The number of pyridine rings is 1. The van der Waals surface area contributed by atoms with Gasteiger partial charge in [-0.2, -0.15) is 0 Å². The molecule has 5 nitrogen and oxygen atoms in total. The third kappa shape index (κ3) is 9.38. The van der Waals surface area contributed by atoms with Crippen LogP contribution in [-0.4, -0.2) is 14.1 Å². The van der Waals surface area contributed by atoms with Crippen molar-refractivity contribution in [3.05, 3.63) is 247 Å². The minimum Gasteiger partial charge on any atom is -0.458 e. The molecule has 12 aromatic rings. The summed E-state index contributed by atoms with van der Waals surface area (Å²) in [6, 6.07) is 29.0. The summed E-state index contributed by atoms with van der Waals surface area (Å²) in [6.07, 6.45) is 4.86. The van der Waals surface area contributed by atoms with Crippen LogP contribution in [0.3, 0.4) is 0 Å². The van der Waals surface area contributed by atoms with Crippen LogP contribution in [0.4, 0.5) is 0 Å². The maximum atomic E-state index is 9.58. The van der Waals surface area contributed by atoms with Crippen LogP contribution >= 0.6 is 0 Å². The van der Waals surface area contributed by atoms with E-state index in [1.165, 1.54) is 12.3 Å². The van der Waals surface area contributed by atoms with Crippen LogP contribution in [0.5, 0.6) is 11.5 Å². The van der Waals surface area contributed by atoms with E-state index < -0.39 is 103 Å². The fraction of sp³-hybridized carbons (Fsp3) is 0.178. The Labute approximate surface area is 485 Å². The standard InChI is InChI=1S/C73H66N4O/c1-48-37-69(74-46-64(48)51-27-18-13-19-28-51)77-65-32-21-20-31-60(65)61-35-34-59(45-67(61)77)78-58-30-22-29-57(44-58)75-47-76(66-36-33-52(40-68(66)75)49-23-14-11-15-24-49)70-62(50-25-16-12-17-26-50)42-56(73(8,9)10)43-63(70)53-38-54(71(2,3)4)41-55(39-53)72(5,6)7/h11-46H,1-10H3/i1D3,11D,12D,13D,14D,15D,16D,17D,18D,19D,23D,24D,25D,26D,27D,28D. The van der Waals surface area contributed by atoms with Gasteiger partial charge in [0.2, 0.25) is 0 Å². The number of hydrogen-bond acceptors (Lipinski definition) is 2. The van der Waals surface area contributed by atoms with E-state index in [0.717, 1.165) is 33.0 Å². The minimum absolute atomic E-state index is 0.0470. The Morgan fingerprint density at radius 2 is 1.08 bits per heavy atom. The zero-order chi connectivity index (χ0) is 69.6. The quantitative estimate of drug-likeness (QED) is 0.107. The molecule has 0 spiro atoms. The molecule has 0 saturated carbocycles. The molecule has 0 fully saturated rings. The van der Waals surface area contributed by atoms with E-state index in [1.54, 1.807) is 62.2 Å². The lowest BCUT2D eigenvalue weighted by Gasteiger charge is -2.28. The van der Waals surface area contributed by atoms with E-state index in [1.807, 2.05) is 63.2 Å². The zero-order valence-corrected chi connectivity index (χ0v) is 44.8. The molecule has 78 heavy (non-hydrogen) atoms. The van der Waals surface area contributed by atoms with Crippen molar-refractivity contribution in [2.75, 3.05) is 0 Å². The first-order valence-corrected chi connectivity index (χ1v) is 25.8. The Morgan fingerprint density at radius 1 is 0.487 bits per heavy atom. The highest BCUT2D eigenvalue weighted by molar-refractivity contribution is 6.09. The van der Waals surface area contributed by atoms with Crippen LogP contribution in [0, 0.1) is 13.2 Å². The molecule has 3 aromatic heterocycles. The number of benzene rings is 9. The summed E-state index contributed by atoms with van der Waals surface area (Å²) in [5.74, 6) is 0.832. The van der Waals surface area contributed by atoms with Crippen molar-refractivity contribution in [2.24, 2.45) is 0 Å². The predicted molar refractivity (Wildman–Crippen MR) is 325 cm³/mol. The first-order chi connectivity index (χ1) is 44.9. The summed E-state index contributed by atoms with van der Waals surface area (Å²) in [5, 5.41) is 1.55. The van der Waals surface area contributed by atoms with E-state index >= 15 is 0 Å². The summed E-state index contributed by atoms with van der Waals surface area (Å²) in [4.78, 5) is 4.73. The minimum atomic E-state index is -2.84. The maximum Gasteiger partial charge on any atom is 0.269 e. The molecule has 0 bridgehead atoms. The highest BCUT2D eigenvalue weighted by Crippen LogP contribution is 2.43. The first-order valence-electron chi connectivity index (χ1n) is 34.8. The molecule has 5 heteroatoms. The molecular formula is C73H66N4O. The summed E-state index contributed by atoms with van der Waals surface area (Å²) < 4.78 is 170. The number of fused-ring (bicyclic) bond motifs is 4. The van der Waals surface area contributed by atoms with Crippen molar-refractivity contribution in [1.29, 1.82) is 0 Å². The van der Waals surface area contributed by atoms with Crippen LogP contribution < -0.4 is 9.30 Å². The lowest BCUT2D eigenvalue weighted by atomic mass is 9.77. The number of aromatic nitrogens is 4. The van der Waals surface area contributed by atoms with Crippen LogP contribution in [-0.2, 0) is 16.2 Å². The number of para-hydroxylation sites is 1. The number of imidazole rings is 1. The van der Waals surface area contributed by atoms with Crippen molar-refractivity contribution in [3.63, 3.8) is 0 Å². The Bertz CT molecular complexity index is 5160. The molecular weight excluding hydrogens is 949 g/mol. The van der Waals surface area contributed by atoms with Crippen molar-refractivity contribution in [1.82, 2.24) is 14.1 Å². The van der Waals surface area contributed by atoms with Gasteiger partial charge in [-0.05, 0) is 133 Å². The van der Waals surface area contributed by atoms with Gasteiger partial charge in [0.1, 0.15) is 17.3 Å². The van der Waals surface area contributed by atoms with Gasteiger partial charge in [0, 0.05) is 32.7 Å². The molecule has 0 amide bonds. The largest absolute Gasteiger partial charge is 0.458 e. The van der Waals surface area contributed by atoms with Crippen LogP contribution in [0.2, 0.25) is 0 Å². The second-order valence-corrected chi connectivity index (χ2v) is 22.7. The van der Waals surface area contributed by atoms with E-state index in [-0.39, 0.29) is 50.0 Å². The maximum absolute atomic E-state index is 9.58. The zero-order valence-electron chi connectivity index (χ0n) is 62.8. The molecule has 0 aliphatic rings. The average Bonchev–Trinajstić information content (AvgIpc) is 1.45. The number of aryl methyl sites for hydroxylation is 1. The van der Waals surface area contributed by atoms with Gasteiger partial charge >= 0.3 is 0 Å². The molecule has 0 atom stereocenters. The molecule has 12 rings (SSSR count). The van der Waals surface area contributed by atoms with Gasteiger partial charge in [-0.15, -0.1) is 0 Å². The van der Waals surface area contributed by atoms with Crippen molar-refractivity contribution >= 4 is 32.8 Å². The molecule has 0 unspecified atom stereocenters. The monoisotopic (exact) mass is 1030 g/mol. The molecule has 384 valence electrons. The summed E-state index contributed by atoms with van der Waals surface area (Å²) in [5.41, 5.74) is 5.77. The van der Waals surface area contributed by atoms with Gasteiger partial charge in [-0.1, -0.05) is 220 Å². The third-order valence-corrected chi connectivity index (χ3v) is 14.2. The highest BCUT2D eigenvalue weighted by Gasteiger charge is 2.28. The van der Waals surface area contributed by atoms with Gasteiger partial charge < -0.3 is 4.74 Å². The van der Waals surface area contributed by atoms with Gasteiger partial charge in [0.25, 0.3) is 6.33 Å².